The van der Waals surface area contributed by atoms with Crippen molar-refractivity contribution in [1.29, 1.82) is 0 Å². The molecular formula is C46H42N10O6S2. The number of thiazole rings is 2. The van der Waals surface area contributed by atoms with Crippen LogP contribution in [0.1, 0.15) is 26.5 Å². The second kappa shape index (κ2) is 20.3. The molecule has 0 aliphatic rings. The van der Waals surface area contributed by atoms with Gasteiger partial charge in [-0.15, -0.1) is 0 Å². The summed E-state index contributed by atoms with van der Waals surface area (Å²) in [5.74, 6) is 1.44. The number of aromatic carboxylic acids is 1. The first kappa shape index (κ1) is 44.1. The third-order valence-corrected chi connectivity index (χ3v) is 11.1. The minimum absolute atomic E-state index is 0.00391. The van der Waals surface area contributed by atoms with Crippen LogP contribution in [0.5, 0.6) is 21.6 Å². The first-order valence-corrected chi connectivity index (χ1v) is 21.1. The molecule has 0 spiro atoms. The molecular weight excluding hydrogens is 853 g/mol. The highest BCUT2D eigenvalue weighted by Gasteiger charge is 2.19. The van der Waals surface area contributed by atoms with E-state index in [1.807, 2.05) is 98.7 Å². The lowest BCUT2D eigenvalue weighted by Gasteiger charge is -2.09. The van der Waals surface area contributed by atoms with Gasteiger partial charge in [0.15, 0.2) is 21.7 Å². The third kappa shape index (κ3) is 11.1. The number of aromatic nitrogens is 6. The summed E-state index contributed by atoms with van der Waals surface area (Å²) < 4.78 is 17.1. The molecule has 0 fully saturated rings. The van der Waals surface area contributed by atoms with E-state index in [1.165, 1.54) is 29.8 Å². The first-order valence-electron chi connectivity index (χ1n) is 19.5. The number of carboxylic acid groups (broad SMARTS) is 1. The van der Waals surface area contributed by atoms with Crippen molar-refractivity contribution in [3.8, 4) is 44.1 Å². The summed E-state index contributed by atoms with van der Waals surface area (Å²) >= 11 is 2.91. The Morgan fingerprint density at radius 1 is 0.594 bits per heavy atom. The number of methoxy groups -OCH3 is 1. The average Bonchev–Trinajstić information content (AvgIpc) is 3.93. The van der Waals surface area contributed by atoms with E-state index < -0.39 is 11.9 Å². The number of nitrogens with one attached hydrogen (secondary N) is 2. The first-order chi connectivity index (χ1) is 30.9. The van der Waals surface area contributed by atoms with Gasteiger partial charge in [-0.3, -0.25) is 0 Å². The van der Waals surface area contributed by atoms with Crippen LogP contribution >= 0.6 is 22.7 Å². The number of anilines is 6. The van der Waals surface area contributed by atoms with Crippen molar-refractivity contribution in [3.63, 3.8) is 0 Å². The number of carbonyl (C=O) groups is 2. The molecule has 18 heteroatoms. The highest BCUT2D eigenvalue weighted by molar-refractivity contribution is 7.18. The molecule has 64 heavy (non-hydrogen) atoms. The van der Waals surface area contributed by atoms with Gasteiger partial charge in [-0.25, -0.2) is 39.5 Å². The zero-order valence-electron chi connectivity index (χ0n) is 35.5. The van der Waals surface area contributed by atoms with Crippen LogP contribution in [0.2, 0.25) is 0 Å². The van der Waals surface area contributed by atoms with Crippen LogP contribution in [-0.2, 0) is 4.74 Å². The Hall–Kier alpha value is -7.96. The van der Waals surface area contributed by atoms with Crippen molar-refractivity contribution < 1.29 is 28.9 Å². The molecule has 6 heterocycles. The van der Waals surface area contributed by atoms with Crippen molar-refractivity contribution in [3.05, 3.63) is 145 Å². The Morgan fingerprint density at radius 2 is 1.09 bits per heavy atom. The van der Waals surface area contributed by atoms with E-state index in [1.54, 1.807) is 73.9 Å². The Bertz CT molecular complexity index is 2870. The molecule has 0 bridgehead atoms. The normalized spacial score (nSPS) is 10.5. The summed E-state index contributed by atoms with van der Waals surface area (Å²) in [6.45, 7) is 1.70. The standard InChI is InChI=1S/2C23H21N5O3S/c1-28(2)23-27-20(15-8-5-4-6-9-15)22(32-23)31-16-12-13-24-19(14-16)26-18-11-7-10-17(25-18)21(29)30-3;1-14-9-10-17(26-19(14)21(29)30)25-18-13-16(11-12-24-18)31-22-20(15-7-5-4-6-8-15)27-23(32-22)28(2)3/h4-14H,1-3H3,(H,24,25,26);4-13H,1-3H3,(H,29,30)(H,24,25,26). The average molecular weight is 895 g/mol. The van der Waals surface area contributed by atoms with Crippen LogP contribution in [0.4, 0.5) is 33.5 Å². The number of carbonyl (C=O) groups excluding carboxylic acids is 1. The van der Waals surface area contributed by atoms with Crippen LogP contribution in [0.15, 0.2) is 128 Å². The molecule has 0 saturated heterocycles. The molecule has 0 saturated carbocycles. The highest BCUT2D eigenvalue weighted by Crippen LogP contribution is 2.43. The number of pyridine rings is 4. The van der Waals surface area contributed by atoms with Crippen molar-refractivity contribution in [1.82, 2.24) is 29.9 Å². The second-order valence-electron chi connectivity index (χ2n) is 14.1. The molecule has 8 rings (SSSR count). The van der Waals surface area contributed by atoms with Gasteiger partial charge >= 0.3 is 11.9 Å². The molecule has 6 aromatic heterocycles. The topological polar surface area (TPSA) is 190 Å². The van der Waals surface area contributed by atoms with Gasteiger partial charge in [-0.2, -0.15) is 0 Å². The number of benzene rings is 2. The zero-order valence-corrected chi connectivity index (χ0v) is 37.1. The van der Waals surface area contributed by atoms with Crippen molar-refractivity contribution in [2.45, 2.75) is 6.92 Å². The number of hydrogen-bond acceptors (Lipinski definition) is 17. The number of nitrogens with zero attached hydrogens (tertiary/aromatic N) is 8. The third-order valence-electron chi connectivity index (χ3n) is 8.87. The van der Waals surface area contributed by atoms with Crippen LogP contribution in [0.25, 0.3) is 22.5 Å². The SMILES string of the molecule is COC(=O)c1cccc(Nc2cc(Oc3sc(N(C)C)nc3-c3ccccc3)ccn2)n1.Cc1ccc(Nc2cc(Oc3sc(N(C)C)nc3-c3ccccc3)ccn2)nc1C(=O)O. The maximum atomic E-state index is 11.7. The van der Waals surface area contributed by atoms with Gasteiger partial charge in [0.25, 0.3) is 0 Å². The molecule has 0 amide bonds. The number of ether oxygens (including phenoxy) is 3. The van der Waals surface area contributed by atoms with Crippen molar-refractivity contribution >= 4 is 68.1 Å². The van der Waals surface area contributed by atoms with E-state index in [2.05, 4.69) is 30.6 Å². The number of hydrogen-bond donors (Lipinski definition) is 3. The van der Waals surface area contributed by atoms with Crippen LogP contribution in [0.3, 0.4) is 0 Å². The zero-order chi connectivity index (χ0) is 45.2. The Morgan fingerprint density at radius 3 is 1.56 bits per heavy atom. The molecule has 0 unspecified atom stereocenters. The number of esters is 1. The molecule has 3 N–H and O–H groups in total. The maximum absolute atomic E-state index is 11.7. The quantitative estimate of drug-likeness (QED) is 0.0873. The molecule has 2 aromatic carbocycles. The molecule has 0 aliphatic carbocycles. The molecule has 16 nitrogen and oxygen atoms in total. The molecule has 8 aromatic rings. The molecule has 0 atom stereocenters. The van der Waals surface area contributed by atoms with E-state index in [0.29, 0.717) is 50.5 Å². The number of carboxylic acids is 1. The predicted octanol–water partition coefficient (Wildman–Crippen LogP) is 10.2. The molecule has 324 valence electrons. The van der Waals surface area contributed by atoms with Gasteiger partial charge in [-0.1, -0.05) is 95.5 Å². The van der Waals surface area contributed by atoms with Gasteiger partial charge in [-0.05, 0) is 42.8 Å². The van der Waals surface area contributed by atoms with Crippen LogP contribution < -0.4 is 29.9 Å². The summed E-state index contributed by atoms with van der Waals surface area (Å²) in [7, 11) is 9.08. The summed E-state index contributed by atoms with van der Waals surface area (Å²) in [6.07, 6.45) is 3.25. The van der Waals surface area contributed by atoms with Gasteiger partial charge in [0, 0.05) is 63.8 Å². The van der Waals surface area contributed by atoms with E-state index in [9.17, 15) is 14.7 Å². The fourth-order valence-corrected chi connectivity index (χ4v) is 7.54. The fourth-order valence-electron chi connectivity index (χ4n) is 5.77. The molecule has 0 aliphatic heterocycles. The van der Waals surface area contributed by atoms with Gasteiger partial charge < -0.3 is 39.8 Å². The van der Waals surface area contributed by atoms with Crippen molar-refractivity contribution in [2.75, 3.05) is 55.7 Å². The smallest absolute Gasteiger partial charge is 0.356 e. The van der Waals surface area contributed by atoms with Crippen molar-refractivity contribution in [2.24, 2.45) is 0 Å². The summed E-state index contributed by atoms with van der Waals surface area (Å²) in [6, 6.07) is 35.2. The Kier molecular flexibility index (Phi) is 14.0. The lowest BCUT2D eigenvalue weighted by atomic mass is 10.2. The monoisotopic (exact) mass is 894 g/mol. The number of rotatable bonds is 14. The largest absolute Gasteiger partial charge is 0.477 e. The predicted molar refractivity (Wildman–Crippen MR) is 250 cm³/mol. The molecule has 0 radical (unpaired) electrons. The van der Waals surface area contributed by atoms with E-state index in [-0.39, 0.29) is 11.4 Å². The van der Waals surface area contributed by atoms with Gasteiger partial charge in [0.1, 0.15) is 46.2 Å². The van der Waals surface area contributed by atoms with E-state index >= 15 is 0 Å². The Labute approximate surface area is 376 Å². The summed E-state index contributed by atoms with van der Waals surface area (Å²) in [5, 5.41) is 18.4. The minimum atomic E-state index is -1.08. The lowest BCUT2D eigenvalue weighted by molar-refractivity contribution is 0.0593. The highest BCUT2D eigenvalue weighted by atomic mass is 32.1. The summed E-state index contributed by atoms with van der Waals surface area (Å²) in [4.78, 5) is 53.4. The maximum Gasteiger partial charge on any atom is 0.356 e. The van der Waals surface area contributed by atoms with Crippen LogP contribution in [-0.4, -0.2) is 82.2 Å². The fraction of sp³-hybridized carbons (Fsp3) is 0.130. The van der Waals surface area contributed by atoms with E-state index in [4.69, 9.17) is 24.2 Å². The summed E-state index contributed by atoms with van der Waals surface area (Å²) in [5.41, 5.74) is 4.26. The lowest BCUT2D eigenvalue weighted by Crippen LogP contribution is -2.07. The van der Waals surface area contributed by atoms with Gasteiger partial charge in [0.2, 0.25) is 10.1 Å². The number of aryl methyl sites for hydroxylation is 1. The van der Waals surface area contributed by atoms with Crippen LogP contribution in [0, 0.1) is 6.92 Å². The van der Waals surface area contributed by atoms with Gasteiger partial charge in [0.05, 0.1) is 7.11 Å². The second-order valence-corrected chi connectivity index (χ2v) is 15.9. The minimum Gasteiger partial charge on any atom is -0.477 e. The Balaban J connectivity index is 0.000000191. The van der Waals surface area contributed by atoms with E-state index in [0.717, 1.165) is 32.8 Å².